The number of nitrogens with one attached hydrogen (secondary N) is 1. The summed E-state index contributed by atoms with van der Waals surface area (Å²) < 4.78 is 1.72. The van der Waals surface area contributed by atoms with Crippen molar-refractivity contribution in [3.63, 3.8) is 0 Å². The number of pyridine rings is 1. The minimum atomic E-state index is -0.0852. The predicted molar refractivity (Wildman–Crippen MR) is 117 cm³/mol. The summed E-state index contributed by atoms with van der Waals surface area (Å²) >= 11 is 1.85. The molecule has 1 amide bonds. The number of nitrogens with zero attached hydrogens (tertiary/aromatic N) is 4. The van der Waals surface area contributed by atoms with Gasteiger partial charge in [0.2, 0.25) is 5.91 Å². The lowest BCUT2D eigenvalue weighted by molar-refractivity contribution is -0.116. The van der Waals surface area contributed by atoms with Crippen LogP contribution < -0.4 is 5.32 Å². The fourth-order valence-corrected chi connectivity index (χ4v) is 5.74. The maximum Gasteiger partial charge on any atom is 0.246 e. The maximum atomic E-state index is 12.3. The van der Waals surface area contributed by atoms with Gasteiger partial charge >= 0.3 is 0 Å². The molecule has 0 spiro atoms. The van der Waals surface area contributed by atoms with E-state index in [9.17, 15) is 4.79 Å². The topological polar surface area (TPSA) is 63.1 Å². The van der Waals surface area contributed by atoms with Gasteiger partial charge in [-0.3, -0.25) is 9.48 Å². The van der Waals surface area contributed by atoms with E-state index in [4.69, 9.17) is 0 Å². The molecule has 0 unspecified atom stereocenters. The van der Waals surface area contributed by atoms with Crippen LogP contribution in [-0.2, 0) is 11.3 Å². The zero-order chi connectivity index (χ0) is 20.2. The monoisotopic (exact) mass is 413 g/mol. The van der Waals surface area contributed by atoms with E-state index in [0.717, 1.165) is 39.8 Å². The number of carbonyl (C=O) groups is 1. The van der Waals surface area contributed by atoms with Gasteiger partial charge in [0, 0.05) is 17.5 Å². The van der Waals surface area contributed by atoms with Gasteiger partial charge in [-0.05, 0) is 76.7 Å². The fourth-order valence-electron chi connectivity index (χ4n) is 4.68. The molecule has 2 aromatic heterocycles. The molecule has 29 heavy (non-hydrogen) atoms. The summed E-state index contributed by atoms with van der Waals surface area (Å²) in [5, 5.41) is 8.29. The van der Waals surface area contributed by atoms with Gasteiger partial charge in [0.1, 0.15) is 6.54 Å². The molecule has 0 aromatic carbocycles. The van der Waals surface area contributed by atoms with Gasteiger partial charge in [-0.2, -0.15) is 5.10 Å². The third-order valence-corrected chi connectivity index (χ3v) is 7.22. The van der Waals surface area contributed by atoms with Crippen LogP contribution in [0, 0.1) is 19.8 Å². The number of hydrogen-bond acceptors (Lipinski definition) is 5. The molecule has 1 N–H and O–H groups in total. The summed E-state index contributed by atoms with van der Waals surface area (Å²) in [7, 11) is 0. The van der Waals surface area contributed by atoms with Crippen LogP contribution in [0.4, 0.5) is 5.69 Å². The molecule has 156 valence electrons. The first-order valence-electron chi connectivity index (χ1n) is 10.7. The van der Waals surface area contributed by atoms with Crippen LogP contribution >= 0.6 is 11.8 Å². The molecule has 2 atom stereocenters. The lowest BCUT2D eigenvalue weighted by Crippen LogP contribution is -2.48. The van der Waals surface area contributed by atoms with Crippen molar-refractivity contribution in [3.8, 4) is 0 Å². The van der Waals surface area contributed by atoms with Crippen molar-refractivity contribution in [3.05, 3.63) is 35.8 Å². The lowest BCUT2D eigenvalue weighted by Gasteiger charge is -2.44. The van der Waals surface area contributed by atoms with Gasteiger partial charge < -0.3 is 10.2 Å². The summed E-state index contributed by atoms with van der Waals surface area (Å²) in [4.78, 5) is 19.6. The Morgan fingerprint density at radius 3 is 2.83 bits per heavy atom. The van der Waals surface area contributed by atoms with Gasteiger partial charge in [0.15, 0.2) is 0 Å². The molecule has 2 aliphatic rings. The molecule has 7 heteroatoms. The van der Waals surface area contributed by atoms with E-state index in [1.165, 1.54) is 45.2 Å². The SMILES string of the molecule is Cc1cc(C)n(CC(=O)Nc2ccc(SC[C@@H]3CCCN4CCCC[C@H]34)nc2)n1. The number of carbonyl (C=O) groups excluding carboxylic acids is 1. The van der Waals surface area contributed by atoms with Gasteiger partial charge in [0.05, 0.1) is 22.6 Å². The number of thioether (sulfide) groups is 1. The Balaban J connectivity index is 1.27. The molecule has 2 saturated heterocycles. The Morgan fingerprint density at radius 2 is 2.07 bits per heavy atom. The van der Waals surface area contributed by atoms with Crippen molar-refractivity contribution >= 4 is 23.4 Å². The first-order valence-corrected chi connectivity index (χ1v) is 11.7. The highest BCUT2D eigenvalue weighted by molar-refractivity contribution is 7.99. The number of rotatable bonds is 6. The second-order valence-electron chi connectivity index (χ2n) is 8.33. The highest BCUT2D eigenvalue weighted by Gasteiger charge is 2.32. The van der Waals surface area contributed by atoms with E-state index in [2.05, 4.69) is 20.3 Å². The van der Waals surface area contributed by atoms with Crippen LogP contribution in [0.1, 0.15) is 43.5 Å². The lowest BCUT2D eigenvalue weighted by atomic mass is 9.85. The van der Waals surface area contributed by atoms with Crippen molar-refractivity contribution in [1.29, 1.82) is 0 Å². The standard InChI is InChI=1S/C22H31N5OS/c1-16-12-17(2)27(25-16)14-21(28)24-19-8-9-22(23-13-19)29-15-18-6-5-11-26-10-4-3-7-20(18)26/h8-9,12-13,18,20H,3-7,10-11,14-15H2,1-2H3,(H,24,28)/t18-,20+/m0/s1. The zero-order valence-corrected chi connectivity index (χ0v) is 18.2. The third-order valence-electron chi connectivity index (χ3n) is 6.09. The van der Waals surface area contributed by atoms with E-state index in [1.54, 1.807) is 10.9 Å². The van der Waals surface area contributed by atoms with Crippen LogP contribution in [0.5, 0.6) is 0 Å². The number of fused-ring (bicyclic) bond motifs is 1. The van der Waals surface area contributed by atoms with Gasteiger partial charge in [-0.1, -0.05) is 6.42 Å². The number of amides is 1. The van der Waals surface area contributed by atoms with Crippen molar-refractivity contribution in [1.82, 2.24) is 19.7 Å². The summed E-state index contributed by atoms with van der Waals surface area (Å²) in [6.07, 6.45) is 8.54. The van der Waals surface area contributed by atoms with Gasteiger partial charge in [-0.15, -0.1) is 11.8 Å². The second kappa shape index (κ2) is 9.30. The van der Waals surface area contributed by atoms with E-state index in [1.807, 2.05) is 43.8 Å². The Morgan fingerprint density at radius 1 is 1.21 bits per heavy atom. The fraction of sp³-hybridized carbons (Fsp3) is 0.591. The smallest absolute Gasteiger partial charge is 0.246 e. The highest BCUT2D eigenvalue weighted by atomic mass is 32.2. The molecule has 0 saturated carbocycles. The van der Waals surface area contributed by atoms with E-state index >= 15 is 0 Å². The Hall–Kier alpha value is -1.86. The molecule has 6 nitrogen and oxygen atoms in total. The summed E-state index contributed by atoms with van der Waals surface area (Å²) in [5.41, 5.74) is 2.64. The summed E-state index contributed by atoms with van der Waals surface area (Å²) in [6, 6.07) is 6.71. The molecular formula is C22H31N5OS. The average molecular weight is 414 g/mol. The highest BCUT2D eigenvalue weighted by Crippen LogP contribution is 2.34. The number of anilines is 1. The summed E-state index contributed by atoms with van der Waals surface area (Å²) in [5.74, 6) is 1.83. The first-order chi connectivity index (χ1) is 14.1. The number of aryl methyl sites for hydroxylation is 2. The van der Waals surface area contributed by atoms with Crippen LogP contribution in [0.15, 0.2) is 29.4 Å². The minimum Gasteiger partial charge on any atom is -0.323 e. The van der Waals surface area contributed by atoms with Crippen LogP contribution in [0.2, 0.25) is 0 Å². The quantitative estimate of drug-likeness (QED) is 0.728. The van der Waals surface area contributed by atoms with E-state index < -0.39 is 0 Å². The maximum absolute atomic E-state index is 12.3. The minimum absolute atomic E-state index is 0.0852. The van der Waals surface area contributed by atoms with Gasteiger partial charge in [0.25, 0.3) is 0 Å². The number of hydrogen-bond donors (Lipinski definition) is 1. The molecule has 0 aliphatic carbocycles. The normalized spacial score (nSPS) is 22.3. The van der Waals surface area contributed by atoms with E-state index in [-0.39, 0.29) is 12.5 Å². The molecular weight excluding hydrogens is 382 g/mol. The largest absolute Gasteiger partial charge is 0.323 e. The number of aromatic nitrogens is 3. The molecule has 2 aliphatic heterocycles. The molecule has 4 rings (SSSR count). The van der Waals surface area contributed by atoms with Crippen molar-refractivity contribution in [2.24, 2.45) is 5.92 Å². The third kappa shape index (κ3) is 5.20. The van der Waals surface area contributed by atoms with Crippen LogP contribution in [0.3, 0.4) is 0 Å². The van der Waals surface area contributed by atoms with E-state index in [0.29, 0.717) is 0 Å². The molecule has 4 heterocycles. The van der Waals surface area contributed by atoms with Crippen LogP contribution in [0.25, 0.3) is 0 Å². The van der Waals surface area contributed by atoms with Crippen molar-refractivity contribution in [2.75, 3.05) is 24.2 Å². The molecule has 2 fully saturated rings. The molecule has 0 bridgehead atoms. The Kier molecular flexibility index (Phi) is 6.55. The summed E-state index contributed by atoms with van der Waals surface area (Å²) in [6.45, 7) is 6.68. The van der Waals surface area contributed by atoms with Crippen molar-refractivity contribution in [2.45, 2.75) is 63.6 Å². The first kappa shape index (κ1) is 20.4. The Labute approximate surface area is 177 Å². The predicted octanol–water partition coefficient (Wildman–Crippen LogP) is 3.89. The van der Waals surface area contributed by atoms with Crippen molar-refractivity contribution < 1.29 is 4.79 Å². The Bertz CT molecular complexity index is 832. The molecule has 2 aromatic rings. The number of piperidine rings is 2. The van der Waals surface area contributed by atoms with Crippen LogP contribution in [-0.4, -0.2) is 50.5 Å². The zero-order valence-electron chi connectivity index (χ0n) is 17.4. The van der Waals surface area contributed by atoms with Gasteiger partial charge in [-0.25, -0.2) is 4.98 Å². The second-order valence-corrected chi connectivity index (χ2v) is 9.37. The molecule has 0 radical (unpaired) electrons. The average Bonchev–Trinajstić information content (AvgIpc) is 3.04.